The molecule has 1 N–H and O–H groups in total. The highest BCUT2D eigenvalue weighted by Gasteiger charge is 2.54. The molecule has 5 rings (SSSR count). The van der Waals surface area contributed by atoms with Gasteiger partial charge in [0.2, 0.25) is 5.91 Å². The third-order valence-corrected chi connectivity index (χ3v) is 7.15. The van der Waals surface area contributed by atoms with Gasteiger partial charge in [0.15, 0.2) is 0 Å². The van der Waals surface area contributed by atoms with Crippen molar-refractivity contribution in [1.82, 2.24) is 10.2 Å². The van der Waals surface area contributed by atoms with Crippen LogP contribution in [0.5, 0.6) is 0 Å². The van der Waals surface area contributed by atoms with Crippen molar-refractivity contribution < 1.29 is 14.3 Å². The maximum atomic E-state index is 13.1. The molecular weight excluding hydrogens is 328 g/mol. The Balaban J connectivity index is 1.27. The molecule has 0 unspecified atom stereocenters. The van der Waals surface area contributed by atoms with Crippen LogP contribution in [0.1, 0.15) is 65.2 Å². The van der Waals surface area contributed by atoms with E-state index in [0.717, 1.165) is 49.9 Å². The summed E-state index contributed by atoms with van der Waals surface area (Å²) in [6, 6.07) is 0.213. The predicted octanol–water partition coefficient (Wildman–Crippen LogP) is 3.58. The zero-order valence-electron chi connectivity index (χ0n) is 16.3. The summed E-state index contributed by atoms with van der Waals surface area (Å²) in [6.45, 7) is 5.92. The number of nitrogens with zero attached hydrogens (tertiary/aromatic N) is 1. The standard InChI is InChI=1S/C21H34N2O3/c1-14(2)13-26-20(25)23-5-3-18(4-6-23)22-19(24)21-10-15-7-16(11-21)9-17(8-15)12-21/h14-18H,3-13H2,1-2H3,(H,22,24). The first-order valence-corrected chi connectivity index (χ1v) is 10.7. The van der Waals surface area contributed by atoms with Crippen LogP contribution in [-0.2, 0) is 9.53 Å². The molecule has 5 heteroatoms. The summed E-state index contributed by atoms with van der Waals surface area (Å²) in [7, 11) is 0. The fourth-order valence-corrected chi connectivity index (χ4v) is 6.26. The Bertz CT molecular complexity index is 516. The van der Waals surface area contributed by atoms with E-state index in [1.54, 1.807) is 4.90 Å². The molecule has 0 atom stereocenters. The molecule has 1 heterocycles. The Kier molecular flexibility index (Phi) is 4.91. The number of carbonyl (C=O) groups excluding carboxylic acids is 2. The lowest BCUT2D eigenvalue weighted by atomic mass is 9.49. The summed E-state index contributed by atoms with van der Waals surface area (Å²) in [5, 5.41) is 3.37. The van der Waals surface area contributed by atoms with E-state index in [2.05, 4.69) is 5.32 Å². The molecule has 2 amide bonds. The van der Waals surface area contributed by atoms with Crippen molar-refractivity contribution in [3.8, 4) is 0 Å². The smallest absolute Gasteiger partial charge is 0.409 e. The number of hydrogen-bond acceptors (Lipinski definition) is 3. The quantitative estimate of drug-likeness (QED) is 0.832. The third-order valence-electron chi connectivity index (χ3n) is 7.15. The van der Waals surface area contributed by atoms with Crippen molar-refractivity contribution in [2.75, 3.05) is 19.7 Å². The highest BCUT2D eigenvalue weighted by molar-refractivity contribution is 5.83. The zero-order valence-corrected chi connectivity index (χ0v) is 16.3. The van der Waals surface area contributed by atoms with Gasteiger partial charge in [-0.2, -0.15) is 0 Å². The van der Waals surface area contributed by atoms with E-state index in [4.69, 9.17) is 4.74 Å². The number of piperidine rings is 1. The van der Waals surface area contributed by atoms with Gasteiger partial charge in [0.05, 0.1) is 6.61 Å². The average Bonchev–Trinajstić information content (AvgIpc) is 2.59. The van der Waals surface area contributed by atoms with Gasteiger partial charge >= 0.3 is 6.09 Å². The Morgan fingerprint density at radius 1 is 1.04 bits per heavy atom. The fraction of sp³-hybridized carbons (Fsp3) is 0.905. The SMILES string of the molecule is CC(C)COC(=O)N1CCC(NC(=O)C23CC4CC(CC(C4)C2)C3)CC1. The second-order valence-electron chi connectivity index (χ2n) is 9.90. The molecule has 0 spiro atoms. The molecule has 26 heavy (non-hydrogen) atoms. The topological polar surface area (TPSA) is 58.6 Å². The van der Waals surface area contributed by atoms with E-state index in [9.17, 15) is 9.59 Å². The summed E-state index contributed by atoms with van der Waals surface area (Å²) < 4.78 is 5.32. The first kappa shape index (κ1) is 18.1. The van der Waals surface area contributed by atoms with E-state index in [0.29, 0.717) is 31.5 Å². The maximum Gasteiger partial charge on any atom is 0.409 e. The predicted molar refractivity (Wildman–Crippen MR) is 99.5 cm³/mol. The normalized spacial score (nSPS) is 36.4. The lowest BCUT2D eigenvalue weighted by Crippen LogP contribution is -2.56. The van der Waals surface area contributed by atoms with Crippen LogP contribution < -0.4 is 5.32 Å². The molecule has 146 valence electrons. The van der Waals surface area contributed by atoms with Gasteiger partial charge in [-0.1, -0.05) is 13.8 Å². The van der Waals surface area contributed by atoms with Crippen LogP contribution >= 0.6 is 0 Å². The van der Waals surface area contributed by atoms with Gasteiger partial charge in [-0.15, -0.1) is 0 Å². The summed E-state index contributed by atoms with van der Waals surface area (Å²) >= 11 is 0. The van der Waals surface area contributed by atoms with Gasteiger partial charge in [0.25, 0.3) is 0 Å². The van der Waals surface area contributed by atoms with Gasteiger partial charge in [-0.05, 0) is 75.0 Å². The van der Waals surface area contributed by atoms with Crippen LogP contribution in [0.15, 0.2) is 0 Å². The number of rotatable bonds is 4. The first-order chi connectivity index (χ1) is 12.4. The van der Waals surface area contributed by atoms with Crippen molar-refractivity contribution in [3.63, 3.8) is 0 Å². The summed E-state index contributed by atoms with van der Waals surface area (Å²) in [4.78, 5) is 27.0. The van der Waals surface area contributed by atoms with Gasteiger partial charge in [-0.3, -0.25) is 4.79 Å². The summed E-state index contributed by atoms with van der Waals surface area (Å²) in [6.07, 6.45) is 8.92. The van der Waals surface area contributed by atoms with Crippen LogP contribution in [0.4, 0.5) is 4.79 Å². The average molecular weight is 363 g/mol. The minimum Gasteiger partial charge on any atom is -0.449 e. The van der Waals surface area contributed by atoms with Crippen molar-refractivity contribution in [1.29, 1.82) is 0 Å². The number of nitrogens with one attached hydrogen (secondary N) is 1. The zero-order chi connectivity index (χ0) is 18.3. The maximum absolute atomic E-state index is 13.1. The molecule has 1 saturated heterocycles. The molecule has 0 aromatic carbocycles. The van der Waals surface area contributed by atoms with E-state index in [1.165, 1.54) is 19.3 Å². The van der Waals surface area contributed by atoms with Crippen molar-refractivity contribution in [2.45, 2.75) is 71.3 Å². The van der Waals surface area contributed by atoms with Gasteiger partial charge in [-0.25, -0.2) is 4.79 Å². The molecule has 4 saturated carbocycles. The Morgan fingerprint density at radius 3 is 2.08 bits per heavy atom. The largest absolute Gasteiger partial charge is 0.449 e. The van der Waals surface area contributed by atoms with Crippen LogP contribution in [0, 0.1) is 29.1 Å². The third kappa shape index (κ3) is 3.59. The number of carbonyl (C=O) groups is 2. The summed E-state index contributed by atoms with van der Waals surface area (Å²) in [5.74, 6) is 3.06. The molecule has 4 bridgehead atoms. The lowest BCUT2D eigenvalue weighted by Gasteiger charge is -2.56. The van der Waals surface area contributed by atoms with Crippen LogP contribution in [0.3, 0.4) is 0 Å². The van der Waals surface area contributed by atoms with Gasteiger partial charge in [0, 0.05) is 24.5 Å². The van der Waals surface area contributed by atoms with Crippen molar-refractivity contribution in [2.24, 2.45) is 29.1 Å². The van der Waals surface area contributed by atoms with Gasteiger partial charge in [0.1, 0.15) is 0 Å². The van der Waals surface area contributed by atoms with E-state index in [-0.39, 0.29) is 17.6 Å². The second kappa shape index (κ2) is 7.05. The highest BCUT2D eigenvalue weighted by atomic mass is 16.6. The summed E-state index contributed by atoms with van der Waals surface area (Å²) in [5.41, 5.74) is -0.0674. The van der Waals surface area contributed by atoms with Crippen molar-refractivity contribution in [3.05, 3.63) is 0 Å². The number of likely N-dealkylation sites (tertiary alicyclic amines) is 1. The number of ether oxygens (including phenoxy) is 1. The monoisotopic (exact) mass is 362 g/mol. The lowest BCUT2D eigenvalue weighted by molar-refractivity contribution is -0.147. The first-order valence-electron chi connectivity index (χ1n) is 10.7. The molecule has 5 aliphatic rings. The second-order valence-corrected chi connectivity index (χ2v) is 9.90. The minimum absolute atomic E-state index is 0.0674. The van der Waals surface area contributed by atoms with Crippen molar-refractivity contribution >= 4 is 12.0 Å². The molecular formula is C21H34N2O3. The van der Waals surface area contributed by atoms with E-state index >= 15 is 0 Å². The molecule has 5 fully saturated rings. The van der Waals surface area contributed by atoms with E-state index < -0.39 is 0 Å². The Hall–Kier alpha value is -1.26. The molecule has 0 aromatic heterocycles. The molecule has 1 aliphatic heterocycles. The molecule has 5 nitrogen and oxygen atoms in total. The molecule has 0 aromatic rings. The van der Waals surface area contributed by atoms with E-state index in [1.807, 2.05) is 13.8 Å². The van der Waals surface area contributed by atoms with Crippen LogP contribution in [0.2, 0.25) is 0 Å². The highest BCUT2D eigenvalue weighted by Crippen LogP contribution is 2.60. The van der Waals surface area contributed by atoms with Gasteiger partial charge < -0.3 is 15.0 Å². The fourth-order valence-electron chi connectivity index (χ4n) is 6.26. The Labute approximate surface area is 157 Å². The Morgan fingerprint density at radius 2 is 1.58 bits per heavy atom. The minimum atomic E-state index is -0.204. The number of amides is 2. The molecule has 0 radical (unpaired) electrons. The van der Waals surface area contributed by atoms with Crippen LogP contribution in [0.25, 0.3) is 0 Å². The number of hydrogen-bond donors (Lipinski definition) is 1. The molecule has 4 aliphatic carbocycles. The van der Waals surface area contributed by atoms with Crippen LogP contribution in [-0.4, -0.2) is 42.6 Å².